The predicted octanol–water partition coefficient (Wildman–Crippen LogP) is 7.62. The van der Waals surface area contributed by atoms with Gasteiger partial charge in [0.25, 0.3) is 5.91 Å². The molecule has 0 bridgehead atoms. The number of carbonyl (C=O) groups is 2. The Labute approximate surface area is 244 Å². The molecule has 1 atom stereocenters. The van der Waals surface area contributed by atoms with Gasteiger partial charge in [-0.3, -0.25) is 15.0 Å². The van der Waals surface area contributed by atoms with Crippen molar-refractivity contribution in [3.8, 4) is 0 Å². The lowest BCUT2D eigenvalue weighted by molar-refractivity contribution is -0.137. The molecule has 216 valence electrons. The van der Waals surface area contributed by atoms with Crippen LogP contribution in [-0.2, 0) is 6.18 Å². The van der Waals surface area contributed by atoms with E-state index in [9.17, 15) is 27.9 Å². The molecule has 5 rings (SSSR count). The molecule has 7 nitrogen and oxygen atoms in total. The number of aromatic nitrogens is 1. The Balaban J connectivity index is 0.00000370. The Hall–Kier alpha value is -2.60. The summed E-state index contributed by atoms with van der Waals surface area (Å²) in [6, 6.07) is 6.94. The first-order valence-corrected chi connectivity index (χ1v) is 14.0. The third kappa shape index (κ3) is 6.32. The van der Waals surface area contributed by atoms with E-state index in [0.29, 0.717) is 33.9 Å². The largest absolute Gasteiger partial charge is 0.465 e. The summed E-state index contributed by atoms with van der Waals surface area (Å²) in [5, 5.41) is 12.8. The molecule has 0 radical (unpaired) electrons. The molecule has 2 fully saturated rings. The minimum Gasteiger partial charge on any atom is -0.465 e. The number of nitrogens with zero attached hydrogens (tertiary/aromatic N) is 3. The Morgan fingerprint density at radius 1 is 1.10 bits per heavy atom. The zero-order valence-electron chi connectivity index (χ0n) is 21.6. The molecule has 2 aliphatic heterocycles. The van der Waals surface area contributed by atoms with Crippen molar-refractivity contribution in [2.24, 2.45) is 0 Å². The number of rotatable bonds is 4. The number of fused-ring (bicyclic) bond motifs is 1. The fourth-order valence-corrected chi connectivity index (χ4v) is 6.97. The van der Waals surface area contributed by atoms with Crippen molar-refractivity contribution in [2.45, 2.75) is 57.3 Å². The average Bonchev–Trinajstić information content (AvgIpc) is 3.29. The maximum Gasteiger partial charge on any atom is 0.416 e. The van der Waals surface area contributed by atoms with Gasteiger partial charge in [0, 0.05) is 35.8 Å². The van der Waals surface area contributed by atoms with Crippen molar-refractivity contribution >= 4 is 62.7 Å². The van der Waals surface area contributed by atoms with E-state index < -0.39 is 23.7 Å². The van der Waals surface area contributed by atoms with E-state index in [1.54, 1.807) is 6.07 Å². The topological polar surface area (TPSA) is 85.8 Å². The highest BCUT2D eigenvalue weighted by Crippen LogP contribution is 2.40. The van der Waals surface area contributed by atoms with Crippen molar-refractivity contribution in [2.75, 3.05) is 25.0 Å². The number of anilines is 1. The van der Waals surface area contributed by atoms with Crippen LogP contribution in [0, 0.1) is 6.92 Å². The number of carbonyl (C=O) groups excluding carboxylic acids is 1. The maximum absolute atomic E-state index is 13.6. The SMILES string of the molecule is Cc1cc(Cl)cc(C(=O)Nc2nc3ccc(C(F)(F)F)cc3s2)c1C1CCCCN1C1CCN(C(=O)O)CC1.Cl. The lowest BCUT2D eigenvalue weighted by Crippen LogP contribution is -2.49. The average molecular weight is 618 g/mol. The molecule has 0 spiro atoms. The van der Waals surface area contributed by atoms with Gasteiger partial charge in [0.05, 0.1) is 15.8 Å². The number of carboxylic acid groups (broad SMARTS) is 1. The number of likely N-dealkylation sites (tertiary alicyclic amines) is 2. The third-order valence-corrected chi connectivity index (χ3v) is 8.77. The minimum atomic E-state index is -4.47. The number of nitrogens with one attached hydrogen (secondary N) is 1. The monoisotopic (exact) mass is 616 g/mol. The number of hydrogen-bond donors (Lipinski definition) is 2. The van der Waals surface area contributed by atoms with Crippen LogP contribution in [-0.4, -0.2) is 57.6 Å². The second kappa shape index (κ2) is 12.1. The predicted molar refractivity (Wildman–Crippen MR) is 152 cm³/mol. The molecule has 2 aliphatic rings. The Bertz CT molecular complexity index is 1410. The first-order valence-electron chi connectivity index (χ1n) is 12.8. The third-order valence-electron chi connectivity index (χ3n) is 7.61. The van der Waals surface area contributed by atoms with Crippen LogP contribution < -0.4 is 5.32 Å². The Morgan fingerprint density at radius 2 is 1.82 bits per heavy atom. The van der Waals surface area contributed by atoms with Crippen molar-refractivity contribution in [1.82, 2.24) is 14.8 Å². The molecule has 40 heavy (non-hydrogen) atoms. The van der Waals surface area contributed by atoms with Crippen LogP contribution in [0.15, 0.2) is 30.3 Å². The van der Waals surface area contributed by atoms with Crippen molar-refractivity contribution in [3.05, 3.63) is 57.6 Å². The minimum absolute atomic E-state index is 0. The number of alkyl halides is 3. The lowest BCUT2D eigenvalue weighted by Gasteiger charge is -2.45. The van der Waals surface area contributed by atoms with E-state index in [-0.39, 0.29) is 29.6 Å². The molecule has 1 unspecified atom stereocenters. The smallest absolute Gasteiger partial charge is 0.416 e. The summed E-state index contributed by atoms with van der Waals surface area (Å²) in [7, 11) is 0. The molecule has 3 heterocycles. The van der Waals surface area contributed by atoms with E-state index in [0.717, 1.165) is 73.2 Å². The number of piperidine rings is 2. The van der Waals surface area contributed by atoms with E-state index >= 15 is 0 Å². The fourth-order valence-electron chi connectivity index (χ4n) is 5.79. The van der Waals surface area contributed by atoms with Gasteiger partial charge < -0.3 is 10.0 Å². The van der Waals surface area contributed by atoms with Crippen molar-refractivity contribution in [3.63, 3.8) is 0 Å². The van der Waals surface area contributed by atoms with Gasteiger partial charge in [0.1, 0.15) is 0 Å². The van der Waals surface area contributed by atoms with Crippen LogP contribution in [0.25, 0.3) is 10.2 Å². The van der Waals surface area contributed by atoms with Crippen LogP contribution in [0.4, 0.5) is 23.1 Å². The van der Waals surface area contributed by atoms with Crippen molar-refractivity contribution in [1.29, 1.82) is 0 Å². The van der Waals surface area contributed by atoms with E-state index in [1.807, 2.05) is 13.0 Å². The van der Waals surface area contributed by atoms with Gasteiger partial charge in [-0.05, 0) is 80.6 Å². The molecule has 1 aromatic heterocycles. The first-order chi connectivity index (χ1) is 18.5. The summed E-state index contributed by atoms with van der Waals surface area (Å²) >= 11 is 7.38. The number of aryl methyl sites for hydroxylation is 1. The van der Waals surface area contributed by atoms with Gasteiger partial charge in [0.15, 0.2) is 5.13 Å². The number of amides is 2. The molecule has 3 aromatic rings. The van der Waals surface area contributed by atoms with Gasteiger partial charge >= 0.3 is 12.3 Å². The summed E-state index contributed by atoms with van der Waals surface area (Å²) in [4.78, 5) is 33.2. The first kappa shape index (κ1) is 30.4. The van der Waals surface area contributed by atoms with E-state index in [1.165, 1.54) is 11.0 Å². The molecule has 13 heteroatoms. The second-order valence-electron chi connectivity index (χ2n) is 10.1. The molecular weight excluding hydrogens is 588 g/mol. The zero-order chi connectivity index (χ0) is 27.9. The summed E-state index contributed by atoms with van der Waals surface area (Å²) in [6.45, 7) is 3.73. The van der Waals surface area contributed by atoms with Gasteiger partial charge in [-0.15, -0.1) is 12.4 Å². The highest BCUT2D eigenvalue weighted by molar-refractivity contribution is 7.22. The Morgan fingerprint density at radius 3 is 2.50 bits per heavy atom. The summed E-state index contributed by atoms with van der Waals surface area (Å²) in [5.74, 6) is -0.420. The lowest BCUT2D eigenvalue weighted by atomic mass is 9.86. The highest BCUT2D eigenvalue weighted by atomic mass is 35.5. The maximum atomic E-state index is 13.6. The molecule has 0 aliphatic carbocycles. The quantitative estimate of drug-likeness (QED) is 0.315. The van der Waals surface area contributed by atoms with Gasteiger partial charge in [0.2, 0.25) is 0 Å². The zero-order valence-corrected chi connectivity index (χ0v) is 24.0. The number of halogens is 5. The molecule has 0 saturated carbocycles. The molecule has 2 N–H and O–H groups in total. The normalized spacial score (nSPS) is 18.9. The summed E-state index contributed by atoms with van der Waals surface area (Å²) in [5.41, 5.74) is 1.77. The van der Waals surface area contributed by atoms with Gasteiger partial charge in [-0.2, -0.15) is 13.2 Å². The van der Waals surface area contributed by atoms with Crippen LogP contribution in [0.1, 0.15) is 65.2 Å². The van der Waals surface area contributed by atoms with Gasteiger partial charge in [-0.1, -0.05) is 29.4 Å². The Kier molecular flexibility index (Phi) is 9.18. The summed E-state index contributed by atoms with van der Waals surface area (Å²) in [6.07, 6.45) is -1.05. The number of hydrogen-bond acceptors (Lipinski definition) is 5. The number of thiazole rings is 1. The van der Waals surface area contributed by atoms with E-state index in [4.69, 9.17) is 11.6 Å². The van der Waals surface area contributed by atoms with Crippen LogP contribution >= 0.6 is 35.3 Å². The van der Waals surface area contributed by atoms with Crippen LogP contribution in [0.2, 0.25) is 5.02 Å². The van der Waals surface area contributed by atoms with Crippen molar-refractivity contribution < 1.29 is 27.9 Å². The second-order valence-corrected chi connectivity index (χ2v) is 11.6. The van der Waals surface area contributed by atoms with E-state index in [2.05, 4.69) is 15.2 Å². The molecule has 2 aromatic carbocycles. The fraction of sp³-hybridized carbons (Fsp3) is 0.444. The molecule has 2 amide bonds. The molecule has 2 saturated heterocycles. The van der Waals surface area contributed by atoms with Crippen LogP contribution in [0.5, 0.6) is 0 Å². The van der Waals surface area contributed by atoms with Crippen LogP contribution in [0.3, 0.4) is 0 Å². The highest BCUT2D eigenvalue weighted by Gasteiger charge is 2.36. The standard InChI is InChI=1S/C27H28ClF3N4O3S.ClH/c1-15-12-17(28)14-19(24(36)33-25-32-20-6-5-16(27(29,30)31)13-22(20)39-25)23(15)21-4-2-3-9-35(21)18-7-10-34(11-8-18)26(37)38;/h5-6,12-14,18,21H,2-4,7-11H2,1H3,(H,37,38)(H,32,33,36);1H. The molecular formula is C27H29Cl2F3N4O3S. The van der Waals surface area contributed by atoms with Gasteiger partial charge in [-0.25, -0.2) is 9.78 Å². The number of benzene rings is 2. The summed E-state index contributed by atoms with van der Waals surface area (Å²) < 4.78 is 39.8.